The van der Waals surface area contributed by atoms with Gasteiger partial charge in [0.25, 0.3) is 10.0 Å². The largest absolute Gasteiger partial charge is 0.418 e. The molecule has 0 aromatic heterocycles. The highest BCUT2D eigenvalue weighted by molar-refractivity contribution is 7.92. The fraction of sp³-hybridized carbons (Fsp3) is 0.280. The van der Waals surface area contributed by atoms with E-state index in [9.17, 15) is 35.5 Å². The molecule has 2 unspecified atom stereocenters. The highest BCUT2D eigenvalue weighted by atomic mass is 32.2. The Balaban J connectivity index is 1.53. The molecule has 2 atom stereocenters. The van der Waals surface area contributed by atoms with Crippen molar-refractivity contribution < 1.29 is 44.3 Å². The van der Waals surface area contributed by atoms with Gasteiger partial charge in [-0.1, -0.05) is 12.1 Å². The summed E-state index contributed by atoms with van der Waals surface area (Å²) in [6, 6.07) is 4.23. The smallest absolute Gasteiger partial charge is 0.379 e. The lowest BCUT2D eigenvalue weighted by Gasteiger charge is -2.20. The number of halogens is 7. The molecule has 1 fully saturated rings. The first kappa shape index (κ1) is 29.1. The van der Waals surface area contributed by atoms with Gasteiger partial charge in [-0.15, -0.1) is 0 Å². The normalized spacial score (nSPS) is 18.3. The highest BCUT2D eigenvalue weighted by Gasteiger charge is 2.41. The van der Waals surface area contributed by atoms with Gasteiger partial charge in [0, 0.05) is 24.2 Å². The van der Waals surface area contributed by atoms with E-state index in [-0.39, 0.29) is 11.9 Å². The van der Waals surface area contributed by atoms with Crippen molar-refractivity contribution in [3.8, 4) is 11.1 Å². The lowest BCUT2D eigenvalue weighted by molar-refractivity contribution is -0.207. The van der Waals surface area contributed by atoms with E-state index >= 15 is 8.78 Å². The number of aliphatic hydroxyl groups excluding tert-OH is 1. The van der Waals surface area contributed by atoms with Gasteiger partial charge in [-0.3, -0.25) is 15.4 Å². The van der Waals surface area contributed by atoms with Crippen LogP contribution in [0.5, 0.6) is 0 Å². The minimum absolute atomic E-state index is 0.0704. The summed E-state index contributed by atoms with van der Waals surface area (Å²) in [6.45, 7) is 2.25. The molecule has 0 saturated carbocycles. The summed E-state index contributed by atoms with van der Waals surface area (Å²) in [5.74, 6) is -5.21. The molecule has 2 aliphatic heterocycles. The number of anilines is 2. The van der Waals surface area contributed by atoms with Gasteiger partial charge in [0.15, 0.2) is 17.7 Å². The first-order chi connectivity index (χ1) is 19.2. The highest BCUT2D eigenvalue weighted by Crippen LogP contribution is 2.41. The number of hydrogen-bond donors (Lipinski definition) is 6. The van der Waals surface area contributed by atoms with Crippen LogP contribution in [-0.2, 0) is 10.0 Å². The molecular formula is C25H22F7N5O3S. The second-order valence-electron chi connectivity index (χ2n) is 9.48. The molecule has 3 aromatic rings. The fourth-order valence-corrected chi connectivity index (χ4v) is 6.26. The van der Waals surface area contributed by atoms with Crippen LogP contribution in [0.4, 0.5) is 42.1 Å². The molecule has 0 radical (unpaired) electrons. The van der Waals surface area contributed by atoms with Crippen molar-refractivity contribution >= 4 is 21.4 Å². The van der Waals surface area contributed by atoms with E-state index in [0.717, 1.165) is 13.0 Å². The average Bonchev–Trinajstić information content (AvgIpc) is 3.57. The Hall–Kier alpha value is -3.44. The molecule has 0 aliphatic carbocycles. The second-order valence-corrected chi connectivity index (χ2v) is 11.1. The quantitative estimate of drug-likeness (QED) is 0.235. The summed E-state index contributed by atoms with van der Waals surface area (Å²) >= 11 is 0. The van der Waals surface area contributed by atoms with E-state index in [4.69, 9.17) is 0 Å². The van der Waals surface area contributed by atoms with Crippen molar-refractivity contribution in [3.63, 3.8) is 0 Å². The zero-order chi connectivity index (χ0) is 29.9. The Kier molecular flexibility index (Phi) is 7.40. The first-order valence-electron chi connectivity index (χ1n) is 12.1. The summed E-state index contributed by atoms with van der Waals surface area (Å²) in [6.07, 6.45) is -8.68. The maximum Gasteiger partial charge on any atom is 0.418 e. The van der Waals surface area contributed by atoms with Gasteiger partial charge < -0.3 is 10.5 Å². The number of sulfonamides is 1. The topological polar surface area (TPSA) is 115 Å². The van der Waals surface area contributed by atoms with E-state index in [0.29, 0.717) is 42.9 Å². The van der Waals surface area contributed by atoms with Crippen LogP contribution in [0.2, 0.25) is 0 Å². The van der Waals surface area contributed by atoms with Gasteiger partial charge in [-0.25, -0.2) is 31.4 Å². The average molecular weight is 606 g/mol. The molecule has 5 rings (SSSR count). The molecule has 0 amide bonds. The molecule has 16 heteroatoms. The van der Waals surface area contributed by atoms with Gasteiger partial charge in [-0.2, -0.15) is 13.2 Å². The maximum absolute atomic E-state index is 15.6. The van der Waals surface area contributed by atoms with Crippen molar-refractivity contribution in [2.75, 3.05) is 23.2 Å². The zero-order valence-corrected chi connectivity index (χ0v) is 21.7. The molecule has 0 spiro atoms. The maximum atomic E-state index is 15.6. The number of hydrogen-bond acceptors (Lipinski definition) is 7. The van der Waals surface area contributed by atoms with Gasteiger partial charge in [0.2, 0.25) is 0 Å². The van der Waals surface area contributed by atoms with Gasteiger partial charge >= 0.3 is 6.18 Å². The monoisotopic (exact) mass is 605 g/mol. The van der Waals surface area contributed by atoms with Crippen LogP contribution in [0, 0.1) is 30.2 Å². The van der Waals surface area contributed by atoms with Crippen LogP contribution < -0.4 is 26.2 Å². The predicted molar refractivity (Wildman–Crippen MR) is 134 cm³/mol. The molecule has 2 aliphatic rings. The number of rotatable bonds is 6. The third-order valence-electron chi connectivity index (χ3n) is 6.91. The van der Waals surface area contributed by atoms with Crippen LogP contribution in [-0.4, -0.2) is 39.0 Å². The van der Waals surface area contributed by atoms with Crippen molar-refractivity contribution in [2.45, 2.75) is 36.3 Å². The molecule has 41 heavy (non-hydrogen) atoms. The number of aliphatic hydroxyl groups is 1. The van der Waals surface area contributed by atoms with Crippen LogP contribution in [0.3, 0.4) is 0 Å². The third-order valence-corrected chi connectivity index (χ3v) is 8.40. The fourth-order valence-electron chi connectivity index (χ4n) is 4.92. The molecule has 2 heterocycles. The second kappa shape index (κ2) is 10.4. The number of benzene rings is 3. The lowest BCUT2D eigenvalue weighted by Crippen LogP contribution is -2.42. The van der Waals surface area contributed by atoms with E-state index < -0.39 is 84.5 Å². The van der Waals surface area contributed by atoms with Crippen molar-refractivity contribution in [1.82, 2.24) is 16.1 Å². The molecule has 8 nitrogen and oxygen atoms in total. The van der Waals surface area contributed by atoms with E-state index in [2.05, 4.69) is 21.5 Å². The van der Waals surface area contributed by atoms with Crippen molar-refractivity contribution in [1.29, 1.82) is 0 Å². The van der Waals surface area contributed by atoms with E-state index in [1.165, 1.54) is 6.07 Å². The zero-order valence-electron chi connectivity index (χ0n) is 20.9. The minimum atomic E-state index is -5.24. The molecule has 3 aromatic carbocycles. The van der Waals surface area contributed by atoms with Crippen LogP contribution >= 0.6 is 0 Å². The van der Waals surface area contributed by atoms with Crippen molar-refractivity contribution in [2.24, 2.45) is 0 Å². The molecular weight excluding hydrogens is 583 g/mol. The Morgan fingerprint density at radius 2 is 1.68 bits per heavy atom. The van der Waals surface area contributed by atoms with Gasteiger partial charge in [0.05, 0.1) is 34.0 Å². The van der Waals surface area contributed by atoms with Gasteiger partial charge in [0.1, 0.15) is 11.6 Å². The Morgan fingerprint density at radius 3 is 2.34 bits per heavy atom. The number of hydrazine groups is 1. The third kappa shape index (κ3) is 5.21. The van der Waals surface area contributed by atoms with Crippen molar-refractivity contribution in [3.05, 3.63) is 76.4 Å². The molecule has 0 bridgehead atoms. The molecule has 6 N–H and O–H groups in total. The van der Waals surface area contributed by atoms with Crippen LogP contribution in [0.15, 0.2) is 41.3 Å². The Morgan fingerprint density at radius 1 is 1.00 bits per heavy atom. The van der Waals surface area contributed by atoms with Gasteiger partial charge in [-0.05, 0) is 42.3 Å². The molecule has 220 valence electrons. The Bertz CT molecular complexity index is 1630. The van der Waals surface area contributed by atoms with Crippen LogP contribution in [0.25, 0.3) is 11.1 Å². The summed E-state index contributed by atoms with van der Waals surface area (Å²) < 4.78 is 127. The SMILES string of the molecule is Cc1c(C(O)C(F)(F)F)cc(F)cc1S(=O)(=O)Nc1ccc(F)c(-c2ccc3c(c2F)NNC3C2NCCN2)c1F. The number of fused-ring (bicyclic) bond motifs is 1. The van der Waals surface area contributed by atoms with Crippen LogP contribution in [0.1, 0.15) is 28.8 Å². The molecule has 1 saturated heterocycles. The number of nitrogens with one attached hydrogen (secondary N) is 5. The first-order valence-corrected chi connectivity index (χ1v) is 13.6. The Labute approximate surface area is 229 Å². The number of alkyl halides is 3. The minimum Gasteiger partial charge on any atom is -0.379 e. The summed E-state index contributed by atoms with van der Waals surface area (Å²) in [5.41, 5.74) is 1.88. The van der Waals surface area contributed by atoms with E-state index in [1.54, 1.807) is 4.72 Å². The standard InChI is InChI=1S/C25H22F7N5O3S/c1-10-14(23(38)25(30,31)32)8-11(26)9-17(10)41(39,40)37-16-5-4-15(27)18(20(16)29)12-2-3-13-21(19(12)28)35-36-22(13)24-33-6-7-34-24/h2-5,8-9,22-24,33-38H,6-7H2,1H3. The summed E-state index contributed by atoms with van der Waals surface area (Å²) in [5, 5.41) is 15.9. The summed E-state index contributed by atoms with van der Waals surface area (Å²) in [4.78, 5) is -1.03. The van der Waals surface area contributed by atoms with E-state index in [1.807, 2.05) is 0 Å². The lowest BCUT2D eigenvalue weighted by atomic mass is 9.97. The summed E-state index contributed by atoms with van der Waals surface area (Å²) in [7, 11) is -5.00. The predicted octanol–water partition coefficient (Wildman–Crippen LogP) is 4.11.